The lowest BCUT2D eigenvalue weighted by Gasteiger charge is -2.16. The molecular formula is C15H19NO6S. The average molecular weight is 341 g/mol. The van der Waals surface area contributed by atoms with Crippen molar-refractivity contribution in [1.82, 2.24) is 5.32 Å². The minimum Gasteiger partial charge on any atom is -0.493 e. The lowest BCUT2D eigenvalue weighted by molar-refractivity contribution is -0.141. The van der Waals surface area contributed by atoms with Crippen LogP contribution in [0.5, 0.6) is 5.75 Å². The van der Waals surface area contributed by atoms with Crippen molar-refractivity contribution in [2.45, 2.75) is 31.6 Å². The fourth-order valence-corrected chi connectivity index (χ4v) is 3.01. The van der Waals surface area contributed by atoms with Gasteiger partial charge in [-0.15, -0.1) is 0 Å². The Morgan fingerprint density at radius 1 is 1.35 bits per heavy atom. The molecule has 0 bridgehead atoms. The molecule has 2 N–H and O–H groups in total. The van der Waals surface area contributed by atoms with Crippen molar-refractivity contribution in [3.05, 3.63) is 29.3 Å². The van der Waals surface area contributed by atoms with Crippen molar-refractivity contribution in [2.24, 2.45) is 0 Å². The van der Waals surface area contributed by atoms with Crippen LogP contribution in [-0.2, 0) is 25.8 Å². The van der Waals surface area contributed by atoms with Gasteiger partial charge in [-0.2, -0.15) is 0 Å². The molecule has 1 aliphatic rings. The second-order valence-electron chi connectivity index (χ2n) is 5.66. The molecule has 1 atom stereocenters. The average Bonchev–Trinajstić information content (AvgIpc) is 2.91. The minimum absolute atomic E-state index is 0.386. The summed E-state index contributed by atoms with van der Waals surface area (Å²) in [6, 6.07) is 3.58. The number of benzene rings is 1. The predicted molar refractivity (Wildman–Crippen MR) is 83.1 cm³/mol. The second-order valence-corrected chi connectivity index (χ2v) is 8.22. The van der Waals surface area contributed by atoms with E-state index < -0.39 is 38.8 Å². The maximum absolute atomic E-state index is 11.9. The summed E-state index contributed by atoms with van der Waals surface area (Å²) in [6.07, 6.45) is 0.672. The monoisotopic (exact) mass is 341 g/mol. The quantitative estimate of drug-likeness (QED) is 0.788. The van der Waals surface area contributed by atoms with Crippen molar-refractivity contribution in [2.75, 3.05) is 12.4 Å². The SMILES string of the molecule is CC(C)S(=O)(=O)CC(=O)NC(C(=O)O)c1ccc2c(c1)CCO2. The molecule has 0 fully saturated rings. The van der Waals surface area contributed by atoms with Gasteiger partial charge in [-0.3, -0.25) is 4.79 Å². The zero-order valence-electron chi connectivity index (χ0n) is 12.9. The Bertz CT molecular complexity index is 725. The highest BCUT2D eigenvalue weighted by Gasteiger charge is 2.27. The zero-order chi connectivity index (χ0) is 17.2. The van der Waals surface area contributed by atoms with Gasteiger partial charge in [0, 0.05) is 6.42 Å². The van der Waals surface area contributed by atoms with E-state index in [9.17, 15) is 23.1 Å². The van der Waals surface area contributed by atoms with Crippen LogP contribution in [0.1, 0.15) is 31.0 Å². The van der Waals surface area contributed by atoms with Crippen LogP contribution < -0.4 is 10.1 Å². The van der Waals surface area contributed by atoms with E-state index in [4.69, 9.17) is 4.74 Å². The maximum atomic E-state index is 11.9. The molecule has 0 radical (unpaired) electrons. The minimum atomic E-state index is -3.59. The highest BCUT2D eigenvalue weighted by molar-refractivity contribution is 7.92. The summed E-state index contributed by atoms with van der Waals surface area (Å²) in [6.45, 7) is 3.48. The number of fused-ring (bicyclic) bond motifs is 1. The van der Waals surface area contributed by atoms with Crippen LogP contribution in [0.15, 0.2) is 18.2 Å². The molecule has 0 saturated heterocycles. The summed E-state index contributed by atoms with van der Waals surface area (Å²) in [5.41, 5.74) is 1.26. The van der Waals surface area contributed by atoms with E-state index in [1.165, 1.54) is 13.8 Å². The van der Waals surface area contributed by atoms with Gasteiger partial charge in [-0.05, 0) is 37.1 Å². The molecule has 1 heterocycles. The summed E-state index contributed by atoms with van der Waals surface area (Å²) in [7, 11) is -3.59. The van der Waals surface area contributed by atoms with Gasteiger partial charge < -0.3 is 15.2 Å². The first-order valence-corrected chi connectivity index (χ1v) is 8.91. The van der Waals surface area contributed by atoms with Crippen LogP contribution in [0.3, 0.4) is 0 Å². The number of sulfone groups is 1. The molecule has 0 aromatic heterocycles. The molecule has 1 amide bonds. The number of carboxylic acid groups (broad SMARTS) is 1. The molecule has 1 unspecified atom stereocenters. The van der Waals surface area contributed by atoms with Crippen LogP contribution in [-0.4, -0.2) is 43.0 Å². The molecule has 0 spiro atoms. The van der Waals surface area contributed by atoms with Crippen molar-refractivity contribution in [3.8, 4) is 5.75 Å². The third kappa shape index (κ3) is 4.01. The lowest BCUT2D eigenvalue weighted by atomic mass is 10.0. The smallest absolute Gasteiger partial charge is 0.330 e. The van der Waals surface area contributed by atoms with Gasteiger partial charge in [0.2, 0.25) is 5.91 Å². The van der Waals surface area contributed by atoms with Gasteiger partial charge in [0.25, 0.3) is 0 Å². The molecule has 2 rings (SSSR count). The number of nitrogens with one attached hydrogen (secondary N) is 1. The molecule has 0 saturated carbocycles. The lowest BCUT2D eigenvalue weighted by Crippen LogP contribution is -2.38. The molecule has 8 heteroatoms. The first-order chi connectivity index (χ1) is 10.7. The predicted octanol–water partition coefficient (Wildman–Crippen LogP) is 0.687. The highest BCUT2D eigenvalue weighted by atomic mass is 32.2. The molecule has 7 nitrogen and oxygen atoms in total. The van der Waals surface area contributed by atoms with E-state index in [1.54, 1.807) is 18.2 Å². The number of carboxylic acids is 1. The number of hydrogen-bond donors (Lipinski definition) is 2. The molecule has 0 aliphatic carbocycles. The largest absolute Gasteiger partial charge is 0.493 e. The van der Waals surface area contributed by atoms with E-state index in [2.05, 4.69) is 5.32 Å². The van der Waals surface area contributed by atoms with E-state index in [0.717, 1.165) is 5.56 Å². The normalized spacial score (nSPS) is 14.9. The van der Waals surface area contributed by atoms with Gasteiger partial charge in [0.15, 0.2) is 15.9 Å². The number of carbonyl (C=O) groups excluding carboxylic acids is 1. The van der Waals surface area contributed by atoms with E-state index in [-0.39, 0.29) is 0 Å². The Hall–Kier alpha value is -2.09. The van der Waals surface area contributed by atoms with Crippen LogP contribution >= 0.6 is 0 Å². The van der Waals surface area contributed by atoms with Gasteiger partial charge in [-0.25, -0.2) is 13.2 Å². The van der Waals surface area contributed by atoms with Crippen molar-refractivity contribution >= 4 is 21.7 Å². The number of carbonyl (C=O) groups is 2. The van der Waals surface area contributed by atoms with Crippen LogP contribution in [0.2, 0.25) is 0 Å². The molecule has 23 heavy (non-hydrogen) atoms. The first kappa shape index (κ1) is 17.3. The fourth-order valence-electron chi connectivity index (χ4n) is 2.23. The highest BCUT2D eigenvalue weighted by Crippen LogP contribution is 2.28. The van der Waals surface area contributed by atoms with Crippen molar-refractivity contribution < 1.29 is 27.9 Å². The third-order valence-electron chi connectivity index (χ3n) is 3.65. The Kier molecular flexibility index (Phi) is 4.93. The third-order valence-corrected chi connectivity index (χ3v) is 5.75. The van der Waals surface area contributed by atoms with Crippen molar-refractivity contribution in [3.63, 3.8) is 0 Å². The Labute approximate surface area is 134 Å². The second kappa shape index (κ2) is 6.57. The number of ether oxygens (including phenoxy) is 1. The number of rotatable bonds is 6. The maximum Gasteiger partial charge on any atom is 0.330 e. The van der Waals surface area contributed by atoms with Crippen molar-refractivity contribution in [1.29, 1.82) is 0 Å². The number of hydrogen-bond acceptors (Lipinski definition) is 5. The molecule has 1 aliphatic heterocycles. The summed E-state index contributed by atoms with van der Waals surface area (Å²) in [4.78, 5) is 23.3. The first-order valence-electron chi connectivity index (χ1n) is 7.20. The van der Waals surface area contributed by atoms with Gasteiger partial charge in [-0.1, -0.05) is 6.07 Å². The van der Waals surface area contributed by atoms with Crippen LogP contribution in [0.25, 0.3) is 0 Å². The molecule has 126 valence electrons. The summed E-state index contributed by atoms with van der Waals surface area (Å²) >= 11 is 0. The molecule has 1 aromatic carbocycles. The number of aliphatic carboxylic acids is 1. The van der Waals surface area contributed by atoms with E-state index in [1.807, 2.05) is 0 Å². The molecule has 1 aromatic rings. The van der Waals surface area contributed by atoms with Crippen LogP contribution in [0, 0.1) is 0 Å². The zero-order valence-corrected chi connectivity index (χ0v) is 13.7. The summed E-state index contributed by atoms with van der Waals surface area (Å²) < 4.78 is 28.9. The Morgan fingerprint density at radius 2 is 2.04 bits per heavy atom. The van der Waals surface area contributed by atoms with E-state index in [0.29, 0.717) is 24.3 Å². The Balaban J connectivity index is 2.17. The Morgan fingerprint density at radius 3 is 2.65 bits per heavy atom. The van der Waals surface area contributed by atoms with Gasteiger partial charge in [0.1, 0.15) is 11.5 Å². The summed E-state index contributed by atoms with van der Waals surface area (Å²) in [5.74, 6) is -2.11. The number of amides is 1. The van der Waals surface area contributed by atoms with E-state index >= 15 is 0 Å². The molecular weight excluding hydrogens is 322 g/mol. The van der Waals surface area contributed by atoms with Gasteiger partial charge in [0.05, 0.1) is 11.9 Å². The fraction of sp³-hybridized carbons (Fsp3) is 0.467. The topological polar surface area (TPSA) is 110 Å². The van der Waals surface area contributed by atoms with Gasteiger partial charge >= 0.3 is 5.97 Å². The van der Waals surface area contributed by atoms with Crippen LogP contribution in [0.4, 0.5) is 0 Å². The summed E-state index contributed by atoms with van der Waals surface area (Å²) in [5, 5.41) is 10.9. The standard InChI is InChI=1S/C15H19NO6S/c1-9(2)23(20,21)8-13(17)16-14(15(18)19)11-3-4-12-10(7-11)5-6-22-12/h3-4,7,9,14H,5-6,8H2,1-2H3,(H,16,17)(H,18,19).